The number of aromatic nitrogens is 4. The van der Waals surface area contributed by atoms with Crippen molar-refractivity contribution in [3.63, 3.8) is 0 Å². The van der Waals surface area contributed by atoms with Gasteiger partial charge in [0, 0.05) is 12.6 Å². The van der Waals surface area contributed by atoms with Gasteiger partial charge >= 0.3 is 11.9 Å². The molecule has 0 unspecified atom stereocenters. The summed E-state index contributed by atoms with van der Waals surface area (Å²) in [5.41, 5.74) is 0.305. The number of nitrogens with zero attached hydrogens (tertiary/aromatic N) is 4. The van der Waals surface area contributed by atoms with E-state index in [0.29, 0.717) is 22.8 Å². The third-order valence-electron chi connectivity index (χ3n) is 6.80. The van der Waals surface area contributed by atoms with E-state index in [-0.39, 0.29) is 22.8 Å². The molecule has 3 aromatic rings. The number of hydrogen-bond acceptors (Lipinski definition) is 8. The van der Waals surface area contributed by atoms with Gasteiger partial charge < -0.3 is 18.8 Å². The lowest BCUT2D eigenvalue weighted by Gasteiger charge is -2.62. The van der Waals surface area contributed by atoms with Gasteiger partial charge in [-0.25, -0.2) is 19.6 Å². The van der Waals surface area contributed by atoms with Crippen molar-refractivity contribution < 1.29 is 23.8 Å². The van der Waals surface area contributed by atoms with Crippen LogP contribution in [-0.2, 0) is 22.1 Å². The van der Waals surface area contributed by atoms with E-state index in [0.717, 1.165) is 24.8 Å². The highest BCUT2D eigenvalue weighted by atomic mass is 16.6. The van der Waals surface area contributed by atoms with Gasteiger partial charge in [-0.1, -0.05) is 0 Å². The summed E-state index contributed by atoms with van der Waals surface area (Å²) >= 11 is 0. The SMILES string of the molecule is COC(=O)c1nc(-c2nc3ccc(C(=O)OC(C)(C)C)cc3n2C23CC(C2)C3)n(C)c(=O)c1OC. The molecule has 3 saturated carbocycles. The molecule has 0 N–H and O–H groups in total. The van der Waals surface area contributed by atoms with Gasteiger partial charge in [-0.15, -0.1) is 0 Å². The fourth-order valence-electron chi connectivity index (χ4n) is 5.08. The fraction of sp³-hybridized carbons (Fsp3) is 0.480. The second-order valence-corrected chi connectivity index (χ2v) is 10.4. The van der Waals surface area contributed by atoms with Crippen molar-refractivity contribution in [2.75, 3.05) is 14.2 Å². The molecule has 2 heterocycles. The first-order valence-corrected chi connectivity index (χ1v) is 11.5. The van der Waals surface area contributed by atoms with Gasteiger partial charge in [-0.2, -0.15) is 0 Å². The molecule has 184 valence electrons. The fourth-order valence-corrected chi connectivity index (χ4v) is 5.08. The van der Waals surface area contributed by atoms with Crippen LogP contribution in [-0.4, -0.2) is 50.9 Å². The third-order valence-corrected chi connectivity index (χ3v) is 6.80. The van der Waals surface area contributed by atoms with E-state index >= 15 is 0 Å². The van der Waals surface area contributed by atoms with Crippen LogP contribution in [0.25, 0.3) is 22.7 Å². The van der Waals surface area contributed by atoms with Gasteiger partial charge in [-0.05, 0) is 64.2 Å². The number of carbonyl (C=O) groups excluding carboxylic acids is 2. The topological polar surface area (TPSA) is 115 Å². The summed E-state index contributed by atoms with van der Waals surface area (Å²) in [6.45, 7) is 5.47. The van der Waals surface area contributed by atoms with E-state index in [4.69, 9.17) is 19.2 Å². The first-order valence-electron chi connectivity index (χ1n) is 11.5. The van der Waals surface area contributed by atoms with Crippen molar-refractivity contribution in [2.45, 2.75) is 51.2 Å². The summed E-state index contributed by atoms with van der Waals surface area (Å²) in [6, 6.07) is 5.23. The zero-order valence-electron chi connectivity index (χ0n) is 20.7. The lowest BCUT2D eigenvalue weighted by molar-refractivity contribution is -0.0847. The monoisotopic (exact) mass is 480 g/mol. The van der Waals surface area contributed by atoms with Crippen LogP contribution in [0.2, 0.25) is 0 Å². The molecule has 1 aromatic carbocycles. The van der Waals surface area contributed by atoms with Gasteiger partial charge in [-0.3, -0.25) is 9.36 Å². The quantitative estimate of drug-likeness (QED) is 0.512. The Bertz CT molecular complexity index is 1430. The maximum Gasteiger partial charge on any atom is 0.360 e. The summed E-state index contributed by atoms with van der Waals surface area (Å²) in [7, 11) is 4.09. The molecule has 6 rings (SSSR count). The lowest BCUT2D eigenvalue weighted by atomic mass is 9.49. The van der Waals surface area contributed by atoms with E-state index in [2.05, 4.69) is 9.55 Å². The summed E-state index contributed by atoms with van der Waals surface area (Å²) in [6.07, 6.45) is 2.95. The van der Waals surface area contributed by atoms with Crippen LogP contribution in [0.5, 0.6) is 5.75 Å². The van der Waals surface area contributed by atoms with E-state index in [1.807, 2.05) is 20.8 Å². The van der Waals surface area contributed by atoms with Crippen molar-refractivity contribution in [3.8, 4) is 17.4 Å². The first-order chi connectivity index (χ1) is 16.5. The van der Waals surface area contributed by atoms with Crippen LogP contribution in [0.15, 0.2) is 23.0 Å². The summed E-state index contributed by atoms with van der Waals surface area (Å²) in [4.78, 5) is 47.6. The van der Waals surface area contributed by atoms with E-state index in [9.17, 15) is 14.4 Å². The second kappa shape index (κ2) is 7.66. The molecule has 3 aliphatic rings. The van der Waals surface area contributed by atoms with Gasteiger partial charge in [0.05, 0.1) is 30.8 Å². The molecule has 10 nitrogen and oxygen atoms in total. The molecule has 0 spiro atoms. The maximum absolute atomic E-state index is 13.1. The van der Waals surface area contributed by atoms with Crippen LogP contribution in [0, 0.1) is 5.92 Å². The highest BCUT2D eigenvalue weighted by molar-refractivity contribution is 5.95. The van der Waals surface area contributed by atoms with Gasteiger partial charge in [0.15, 0.2) is 17.3 Å². The highest BCUT2D eigenvalue weighted by Gasteiger charge is 2.59. The Balaban J connectivity index is 1.74. The van der Waals surface area contributed by atoms with E-state index in [1.54, 1.807) is 25.2 Å². The van der Waals surface area contributed by atoms with Gasteiger partial charge in [0.2, 0.25) is 5.75 Å². The van der Waals surface area contributed by atoms with Crippen LogP contribution in [0.4, 0.5) is 0 Å². The Morgan fingerprint density at radius 3 is 2.29 bits per heavy atom. The molecular weight excluding hydrogens is 452 g/mol. The van der Waals surface area contributed by atoms with Crippen molar-refractivity contribution in [3.05, 3.63) is 39.8 Å². The predicted molar refractivity (Wildman–Crippen MR) is 127 cm³/mol. The van der Waals surface area contributed by atoms with Gasteiger partial charge in [0.1, 0.15) is 5.60 Å². The van der Waals surface area contributed by atoms with E-state index in [1.165, 1.54) is 18.8 Å². The third kappa shape index (κ3) is 3.50. The summed E-state index contributed by atoms with van der Waals surface area (Å²) in [5.74, 6) is -0.0608. The normalized spacial score (nSPS) is 20.7. The van der Waals surface area contributed by atoms with Crippen molar-refractivity contribution in [1.82, 2.24) is 19.1 Å². The Hall–Kier alpha value is -3.69. The lowest BCUT2D eigenvalue weighted by Crippen LogP contribution is -2.59. The molecule has 0 saturated heterocycles. The van der Waals surface area contributed by atoms with Crippen LogP contribution in [0.1, 0.15) is 60.9 Å². The number of carbonyl (C=O) groups is 2. The Morgan fingerprint density at radius 2 is 1.74 bits per heavy atom. The van der Waals surface area contributed by atoms with Crippen LogP contribution < -0.4 is 10.3 Å². The summed E-state index contributed by atoms with van der Waals surface area (Å²) in [5, 5.41) is 0. The molecule has 2 bridgehead atoms. The minimum atomic E-state index is -0.777. The highest BCUT2D eigenvalue weighted by Crippen LogP contribution is 2.63. The molecular formula is C25H28N4O6. The predicted octanol–water partition coefficient (Wildman–Crippen LogP) is 3.06. The average molecular weight is 481 g/mol. The number of fused-ring (bicyclic) bond motifs is 1. The number of hydrogen-bond donors (Lipinski definition) is 0. The Morgan fingerprint density at radius 1 is 1.06 bits per heavy atom. The molecule has 3 aliphatic carbocycles. The summed E-state index contributed by atoms with van der Waals surface area (Å²) < 4.78 is 19.0. The number of methoxy groups -OCH3 is 2. The van der Waals surface area contributed by atoms with Crippen molar-refractivity contribution >= 4 is 23.0 Å². The number of rotatable bonds is 5. The minimum Gasteiger partial charge on any atom is -0.489 e. The molecule has 2 aromatic heterocycles. The molecule has 3 fully saturated rings. The standard InChI is InChI=1S/C25H28N4O6/c1-24(2,3)35-22(31)14-7-8-15-16(9-14)29(25-10-13(11-25)12-25)20(26-15)19-27-17(23(32)34-6)18(33-5)21(30)28(19)4/h7-9,13H,10-12H2,1-6H3. The average Bonchev–Trinajstić information content (AvgIpc) is 3.10. The maximum atomic E-state index is 13.1. The molecule has 0 radical (unpaired) electrons. The molecule has 0 amide bonds. The Labute approximate surface area is 201 Å². The largest absolute Gasteiger partial charge is 0.489 e. The van der Waals surface area contributed by atoms with Crippen molar-refractivity contribution in [1.29, 1.82) is 0 Å². The molecule has 0 atom stereocenters. The second-order valence-electron chi connectivity index (χ2n) is 10.4. The van der Waals surface area contributed by atoms with Crippen LogP contribution in [0.3, 0.4) is 0 Å². The number of ether oxygens (including phenoxy) is 3. The molecule has 35 heavy (non-hydrogen) atoms. The smallest absolute Gasteiger partial charge is 0.360 e. The van der Waals surface area contributed by atoms with E-state index < -0.39 is 23.1 Å². The zero-order chi connectivity index (χ0) is 25.3. The number of imidazole rings is 1. The van der Waals surface area contributed by atoms with Crippen LogP contribution >= 0.6 is 0 Å². The Kier molecular flexibility index (Phi) is 5.05. The zero-order valence-corrected chi connectivity index (χ0v) is 20.7. The molecule has 10 heteroatoms. The number of benzene rings is 1. The first kappa shape index (κ1) is 23.1. The van der Waals surface area contributed by atoms with Gasteiger partial charge in [0.25, 0.3) is 5.56 Å². The minimum absolute atomic E-state index is 0.162. The van der Waals surface area contributed by atoms with Crippen molar-refractivity contribution in [2.24, 2.45) is 13.0 Å². The number of esters is 2. The molecule has 0 aliphatic heterocycles.